The second kappa shape index (κ2) is 6.54. The van der Waals surface area contributed by atoms with Crippen LogP contribution in [0.5, 0.6) is 17.2 Å². The zero-order valence-corrected chi connectivity index (χ0v) is 12.9. The minimum absolute atomic E-state index is 0.272. The van der Waals surface area contributed by atoms with Gasteiger partial charge in [0, 0.05) is 19.1 Å². The van der Waals surface area contributed by atoms with Gasteiger partial charge in [0.15, 0.2) is 11.5 Å². The number of methoxy groups -OCH3 is 1. The molecule has 0 radical (unpaired) electrons. The minimum Gasteiger partial charge on any atom is -0.493 e. The van der Waals surface area contributed by atoms with Gasteiger partial charge >= 0.3 is 0 Å². The molecule has 1 aromatic carbocycles. The molecular formula is C16H24N2O3. The average Bonchev–Trinajstić information content (AvgIpc) is 3.15. The molecule has 2 aliphatic heterocycles. The van der Waals surface area contributed by atoms with E-state index in [-0.39, 0.29) is 6.79 Å². The van der Waals surface area contributed by atoms with Crippen LogP contribution < -0.4 is 19.5 Å². The van der Waals surface area contributed by atoms with Crippen molar-refractivity contribution in [2.24, 2.45) is 0 Å². The summed E-state index contributed by atoms with van der Waals surface area (Å²) >= 11 is 0. The van der Waals surface area contributed by atoms with Crippen molar-refractivity contribution in [1.29, 1.82) is 0 Å². The van der Waals surface area contributed by atoms with E-state index >= 15 is 0 Å². The largest absolute Gasteiger partial charge is 0.493 e. The van der Waals surface area contributed by atoms with E-state index in [0.29, 0.717) is 11.8 Å². The van der Waals surface area contributed by atoms with Gasteiger partial charge in [-0.2, -0.15) is 0 Å². The third-order valence-electron chi connectivity index (χ3n) is 4.10. The number of nitrogens with one attached hydrogen (secondary N) is 1. The number of hydrogen-bond donors (Lipinski definition) is 1. The van der Waals surface area contributed by atoms with Crippen molar-refractivity contribution < 1.29 is 14.2 Å². The number of ether oxygens (including phenoxy) is 3. The SMILES string of the molecule is COc1cc(CNC(C)CN2CCCC2)cc2c1OCO2. The van der Waals surface area contributed by atoms with E-state index in [0.717, 1.165) is 30.2 Å². The van der Waals surface area contributed by atoms with Gasteiger partial charge < -0.3 is 24.4 Å². The molecule has 1 saturated heterocycles. The summed E-state index contributed by atoms with van der Waals surface area (Å²) in [6, 6.07) is 4.52. The average molecular weight is 292 g/mol. The van der Waals surface area contributed by atoms with E-state index in [4.69, 9.17) is 14.2 Å². The molecule has 3 rings (SSSR count). The summed E-state index contributed by atoms with van der Waals surface area (Å²) in [4.78, 5) is 2.53. The van der Waals surface area contributed by atoms with E-state index in [9.17, 15) is 0 Å². The van der Waals surface area contributed by atoms with Crippen LogP contribution in [0, 0.1) is 0 Å². The summed E-state index contributed by atoms with van der Waals surface area (Å²) in [5.74, 6) is 2.23. The number of hydrogen-bond acceptors (Lipinski definition) is 5. The second-order valence-corrected chi connectivity index (χ2v) is 5.82. The highest BCUT2D eigenvalue weighted by atomic mass is 16.7. The monoisotopic (exact) mass is 292 g/mol. The fraction of sp³-hybridized carbons (Fsp3) is 0.625. The summed E-state index contributed by atoms with van der Waals surface area (Å²) in [6.45, 7) is 6.91. The lowest BCUT2D eigenvalue weighted by Crippen LogP contribution is -2.37. The van der Waals surface area contributed by atoms with Crippen molar-refractivity contribution in [3.63, 3.8) is 0 Å². The van der Waals surface area contributed by atoms with Gasteiger partial charge in [-0.25, -0.2) is 0 Å². The highest BCUT2D eigenvalue weighted by Crippen LogP contribution is 2.41. The Balaban J connectivity index is 1.57. The Morgan fingerprint density at radius 2 is 2.10 bits per heavy atom. The van der Waals surface area contributed by atoms with Crippen LogP contribution in [0.1, 0.15) is 25.3 Å². The number of benzene rings is 1. The molecule has 0 bridgehead atoms. The maximum absolute atomic E-state index is 5.46. The van der Waals surface area contributed by atoms with Crippen LogP contribution in [-0.2, 0) is 6.54 Å². The van der Waals surface area contributed by atoms with Crippen LogP contribution in [0.4, 0.5) is 0 Å². The van der Waals surface area contributed by atoms with Crippen molar-refractivity contribution in [2.45, 2.75) is 32.4 Å². The first-order chi connectivity index (χ1) is 10.3. The van der Waals surface area contributed by atoms with E-state index in [1.54, 1.807) is 7.11 Å². The Morgan fingerprint density at radius 1 is 1.29 bits per heavy atom. The Morgan fingerprint density at radius 3 is 2.86 bits per heavy atom. The summed E-state index contributed by atoms with van der Waals surface area (Å²) in [5, 5.41) is 3.57. The van der Waals surface area contributed by atoms with Crippen LogP contribution in [0.25, 0.3) is 0 Å². The van der Waals surface area contributed by atoms with Gasteiger partial charge in [-0.15, -0.1) is 0 Å². The maximum atomic E-state index is 5.46. The third kappa shape index (κ3) is 3.41. The molecule has 0 aromatic heterocycles. The maximum Gasteiger partial charge on any atom is 0.231 e. The van der Waals surface area contributed by atoms with Gasteiger partial charge in [0.25, 0.3) is 0 Å². The zero-order valence-electron chi connectivity index (χ0n) is 12.9. The van der Waals surface area contributed by atoms with Gasteiger partial charge in [-0.05, 0) is 50.6 Å². The molecule has 5 nitrogen and oxygen atoms in total. The summed E-state index contributed by atoms with van der Waals surface area (Å²) < 4.78 is 16.2. The topological polar surface area (TPSA) is 43.0 Å². The fourth-order valence-corrected chi connectivity index (χ4v) is 3.00. The lowest BCUT2D eigenvalue weighted by atomic mass is 10.1. The number of nitrogens with zero attached hydrogens (tertiary/aromatic N) is 1. The predicted octanol–water partition coefficient (Wildman–Crippen LogP) is 2.00. The summed E-state index contributed by atoms with van der Waals surface area (Å²) in [5.41, 5.74) is 1.16. The van der Waals surface area contributed by atoms with Crippen molar-refractivity contribution in [3.05, 3.63) is 17.7 Å². The van der Waals surface area contributed by atoms with Crippen LogP contribution in [0.2, 0.25) is 0 Å². The highest BCUT2D eigenvalue weighted by molar-refractivity contribution is 5.55. The van der Waals surface area contributed by atoms with Crippen molar-refractivity contribution in [2.75, 3.05) is 33.5 Å². The molecule has 116 valence electrons. The third-order valence-corrected chi connectivity index (χ3v) is 4.10. The van der Waals surface area contributed by atoms with Crippen LogP contribution in [0.3, 0.4) is 0 Å². The second-order valence-electron chi connectivity index (χ2n) is 5.82. The normalized spacial score (nSPS) is 19.0. The molecule has 1 unspecified atom stereocenters. The molecule has 0 saturated carbocycles. The zero-order chi connectivity index (χ0) is 14.7. The smallest absolute Gasteiger partial charge is 0.231 e. The molecule has 1 atom stereocenters. The molecule has 2 heterocycles. The molecule has 0 amide bonds. The first kappa shape index (κ1) is 14.5. The van der Waals surface area contributed by atoms with E-state index < -0.39 is 0 Å². The molecule has 21 heavy (non-hydrogen) atoms. The van der Waals surface area contributed by atoms with E-state index in [1.165, 1.54) is 25.9 Å². The van der Waals surface area contributed by atoms with Gasteiger partial charge in [0.05, 0.1) is 7.11 Å². The van der Waals surface area contributed by atoms with Crippen LogP contribution in [0.15, 0.2) is 12.1 Å². The first-order valence-electron chi connectivity index (χ1n) is 7.68. The molecule has 1 N–H and O–H groups in total. The lowest BCUT2D eigenvalue weighted by Gasteiger charge is -2.21. The lowest BCUT2D eigenvalue weighted by molar-refractivity contribution is 0.171. The number of fused-ring (bicyclic) bond motifs is 1. The Labute approximate surface area is 126 Å². The molecule has 1 fully saturated rings. The quantitative estimate of drug-likeness (QED) is 0.868. The Hall–Kier alpha value is -1.46. The summed E-state index contributed by atoms with van der Waals surface area (Å²) in [7, 11) is 1.66. The molecule has 1 aromatic rings. The Kier molecular flexibility index (Phi) is 4.51. The molecule has 0 spiro atoms. The molecule has 2 aliphatic rings. The van der Waals surface area contributed by atoms with Gasteiger partial charge in [-0.1, -0.05) is 0 Å². The molecular weight excluding hydrogens is 268 g/mol. The molecule has 5 heteroatoms. The van der Waals surface area contributed by atoms with Crippen molar-refractivity contribution in [3.8, 4) is 17.2 Å². The minimum atomic E-state index is 0.272. The highest BCUT2D eigenvalue weighted by Gasteiger charge is 2.20. The number of rotatable bonds is 6. The predicted molar refractivity (Wildman–Crippen MR) is 81.1 cm³/mol. The molecule has 0 aliphatic carbocycles. The van der Waals surface area contributed by atoms with Crippen molar-refractivity contribution >= 4 is 0 Å². The number of likely N-dealkylation sites (tertiary alicyclic amines) is 1. The van der Waals surface area contributed by atoms with Crippen LogP contribution >= 0.6 is 0 Å². The fourth-order valence-electron chi connectivity index (χ4n) is 3.00. The standard InChI is InChI=1S/C16H24N2O3/c1-12(10-18-5-3-4-6-18)17-9-13-7-14(19-2)16-15(8-13)20-11-21-16/h7-8,12,17H,3-6,9-11H2,1-2H3. The van der Waals surface area contributed by atoms with Crippen LogP contribution in [-0.4, -0.2) is 44.5 Å². The van der Waals surface area contributed by atoms with Gasteiger partial charge in [0.2, 0.25) is 12.5 Å². The Bertz CT molecular complexity index is 487. The van der Waals surface area contributed by atoms with Gasteiger partial charge in [0.1, 0.15) is 0 Å². The first-order valence-corrected chi connectivity index (χ1v) is 7.68. The van der Waals surface area contributed by atoms with E-state index in [1.807, 2.05) is 12.1 Å². The van der Waals surface area contributed by atoms with E-state index in [2.05, 4.69) is 17.1 Å². The van der Waals surface area contributed by atoms with Crippen molar-refractivity contribution in [1.82, 2.24) is 10.2 Å². The van der Waals surface area contributed by atoms with Gasteiger partial charge in [-0.3, -0.25) is 0 Å². The summed E-state index contributed by atoms with van der Waals surface area (Å²) in [6.07, 6.45) is 2.68.